The van der Waals surface area contributed by atoms with E-state index in [1.807, 2.05) is 0 Å². The molecule has 0 heterocycles. The summed E-state index contributed by atoms with van der Waals surface area (Å²) in [7, 11) is 0. The van der Waals surface area contributed by atoms with Crippen LogP contribution in [0.2, 0.25) is 0 Å². The summed E-state index contributed by atoms with van der Waals surface area (Å²) in [5.74, 6) is 1.92. The summed E-state index contributed by atoms with van der Waals surface area (Å²) >= 11 is 0. The zero-order chi connectivity index (χ0) is 6.43. The van der Waals surface area contributed by atoms with Crippen LogP contribution in [0.25, 0.3) is 0 Å². The molecule has 0 aromatic carbocycles. The van der Waals surface area contributed by atoms with Crippen LogP contribution in [0.5, 0.6) is 0 Å². The molecule has 1 saturated carbocycles. The topological polar surface area (TPSA) is 20.2 Å². The average Bonchev–Trinajstić information content (AvgIpc) is 2.04. The molecule has 0 aromatic rings. The van der Waals surface area contributed by atoms with Crippen LogP contribution in [0.1, 0.15) is 13.3 Å². The predicted molar refractivity (Wildman–Crippen MR) is 35.9 cm³/mol. The first-order valence-corrected chi connectivity index (χ1v) is 3.65. The van der Waals surface area contributed by atoms with Gasteiger partial charge in [-0.05, 0) is 24.2 Å². The molecule has 0 amide bonds. The molecule has 50 valence electrons. The van der Waals surface area contributed by atoms with Gasteiger partial charge in [-0.3, -0.25) is 0 Å². The highest BCUT2D eigenvalue weighted by molar-refractivity contribution is 5.13. The molecule has 0 aromatic heterocycles. The highest BCUT2D eigenvalue weighted by Crippen LogP contribution is 2.45. The first kappa shape index (κ1) is 5.48. The Labute approximate surface area is 55.4 Å². The molecule has 0 spiro atoms. The van der Waals surface area contributed by atoms with E-state index in [0.29, 0.717) is 11.8 Å². The molecule has 2 aliphatic carbocycles. The van der Waals surface area contributed by atoms with Gasteiger partial charge >= 0.3 is 0 Å². The van der Waals surface area contributed by atoms with Crippen LogP contribution in [0.4, 0.5) is 0 Å². The standard InChI is InChI=1S/C8H12O/c1-5-2-3-6-4-7(9)8(5)6/h2-3,5-9H,4H2,1H3/t5-,6-,7-,8-/m1/s1. The second kappa shape index (κ2) is 1.60. The lowest BCUT2D eigenvalue weighted by Crippen LogP contribution is -2.40. The summed E-state index contributed by atoms with van der Waals surface area (Å²) in [6.07, 6.45) is 5.49. The number of hydrogen-bond acceptors (Lipinski definition) is 1. The van der Waals surface area contributed by atoms with Gasteiger partial charge in [-0.15, -0.1) is 0 Å². The van der Waals surface area contributed by atoms with Crippen molar-refractivity contribution < 1.29 is 5.11 Å². The van der Waals surface area contributed by atoms with Crippen molar-refractivity contribution in [2.75, 3.05) is 0 Å². The fourth-order valence-electron chi connectivity index (χ4n) is 2.08. The minimum Gasteiger partial charge on any atom is -0.393 e. The number of aliphatic hydroxyl groups excluding tert-OH is 1. The Balaban J connectivity index is 2.12. The van der Waals surface area contributed by atoms with E-state index in [0.717, 1.165) is 12.3 Å². The molecule has 1 heteroatoms. The van der Waals surface area contributed by atoms with Gasteiger partial charge in [0.1, 0.15) is 0 Å². The molecule has 0 radical (unpaired) electrons. The molecule has 9 heavy (non-hydrogen) atoms. The van der Waals surface area contributed by atoms with Gasteiger partial charge in [-0.2, -0.15) is 0 Å². The van der Waals surface area contributed by atoms with Crippen molar-refractivity contribution in [3.63, 3.8) is 0 Å². The Hall–Kier alpha value is -0.300. The SMILES string of the molecule is C[C@@H]1C=C[C@@H]2C[C@@H](O)[C@H]12. The molecule has 0 bridgehead atoms. The maximum atomic E-state index is 9.25. The monoisotopic (exact) mass is 124 g/mol. The van der Waals surface area contributed by atoms with Crippen LogP contribution < -0.4 is 0 Å². The Bertz CT molecular complexity index is 143. The van der Waals surface area contributed by atoms with E-state index in [-0.39, 0.29) is 6.10 Å². The quantitative estimate of drug-likeness (QED) is 0.481. The summed E-state index contributed by atoms with van der Waals surface area (Å²) in [5.41, 5.74) is 0. The molecule has 0 aliphatic heterocycles. The minimum atomic E-state index is -0.000000000000000222. The molecular formula is C8H12O. The van der Waals surface area contributed by atoms with Crippen molar-refractivity contribution in [1.82, 2.24) is 0 Å². The molecule has 2 rings (SSSR count). The summed E-state index contributed by atoms with van der Waals surface area (Å²) in [5, 5.41) is 9.25. The lowest BCUT2D eigenvalue weighted by molar-refractivity contribution is -0.0219. The number of hydrogen-bond donors (Lipinski definition) is 1. The summed E-state index contributed by atoms with van der Waals surface area (Å²) < 4.78 is 0. The second-order valence-electron chi connectivity index (χ2n) is 3.29. The Morgan fingerprint density at radius 2 is 2.22 bits per heavy atom. The Morgan fingerprint density at radius 3 is 2.67 bits per heavy atom. The van der Waals surface area contributed by atoms with Gasteiger partial charge in [-0.25, -0.2) is 0 Å². The summed E-state index contributed by atoms with van der Waals surface area (Å²) in [6.45, 7) is 2.18. The third kappa shape index (κ3) is 0.584. The Morgan fingerprint density at radius 1 is 1.44 bits per heavy atom. The van der Waals surface area contributed by atoms with Gasteiger partial charge in [0.05, 0.1) is 6.10 Å². The van der Waals surface area contributed by atoms with Crippen LogP contribution >= 0.6 is 0 Å². The molecule has 1 fully saturated rings. The van der Waals surface area contributed by atoms with E-state index in [1.54, 1.807) is 0 Å². The molecule has 2 aliphatic rings. The molecule has 1 N–H and O–H groups in total. The highest BCUT2D eigenvalue weighted by atomic mass is 16.3. The zero-order valence-corrected chi connectivity index (χ0v) is 5.62. The first-order chi connectivity index (χ1) is 4.29. The van der Waals surface area contributed by atoms with E-state index in [2.05, 4.69) is 19.1 Å². The lowest BCUT2D eigenvalue weighted by Gasteiger charge is -2.38. The van der Waals surface area contributed by atoms with Crippen molar-refractivity contribution in [2.45, 2.75) is 19.4 Å². The van der Waals surface area contributed by atoms with Crippen molar-refractivity contribution in [2.24, 2.45) is 17.8 Å². The van der Waals surface area contributed by atoms with Gasteiger partial charge in [0.2, 0.25) is 0 Å². The fourth-order valence-corrected chi connectivity index (χ4v) is 2.08. The normalized spacial score (nSPS) is 54.9. The molecule has 0 saturated heterocycles. The fraction of sp³-hybridized carbons (Fsp3) is 0.750. The van der Waals surface area contributed by atoms with E-state index >= 15 is 0 Å². The van der Waals surface area contributed by atoms with Crippen LogP contribution in [0.3, 0.4) is 0 Å². The maximum Gasteiger partial charge on any atom is 0.0585 e. The minimum absolute atomic E-state index is 0.000000000000000222. The van der Waals surface area contributed by atoms with E-state index < -0.39 is 0 Å². The van der Waals surface area contributed by atoms with Gasteiger partial charge in [0, 0.05) is 0 Å². The van der Waals surface area contributed by atoms with Crippen molar-refractivity contribution in [3.05, 3.63) is 12.2 Å². The van der Waals surface area contributed by atoms with Crippen LogP contribution in [0.15, 0.2) is 12.2 Å². The summed E-state index contributed by atoms with van der Waals surface area (Å²) in [4.78, 5) is 0. The van der Waals surface area contributed by atoms with Gasteiger partial charge < -0.3 is 5.11 Å². The first-order valence-electron chi connectivity index (χ1n) is 3.65. The predicted octanol–water partition coefficient (Wildman–Crippen LogP) is 1.19. The van der Waals surface area contributed by atoms with Crippen molar-refractivity contribution >= 4 is 0 Å². The number of rotatable bonds is 0. The van der Waals surface area contributed by atoms with Gasteiger partial charge in [0.25, 0.3) is 0 Å². The third-order valence-corrected chi connectivity index (χ3v) is 2.72. The van der Waals surface area contributed by atoms with Crippen molar-refractivity contribution in [1.29, 1.82) is 0 Å². The van der Waals surface area contributed by atoms with Crippen LogP contribution in [-0.2, 0) is 0 Å². The number of fused-ring (bicyclic) bond motifs is 1. The number of allylic oxidation sites excluding steroid dienone is 2. The highest BCUT2D eigenvalue weighted by Gasteiger charge is 2.43. The largest absolute Gasteiger partial charge is 0.393 e. The van der Waals surface area contributed by atoms with Crippen molar-refractivity contribution in [3.8, 4) is 0 Å². The second-order valence-corrected chi connectivity index (χ2v) is 3.29. The number of aliphatic hydroxyl groups is 1. The smallest absolute Gasteiger partial charge is 0.0585 e. The van der Waals surface area contributed by atoms with Crippen LogP contribution in [0, 0.1) is 17.8 Å². The Kier molecular flexibility index (Phi) is 0.974. The molecular weight excluding hydrogens is 112 g/mol. The van der Waals surface area contributed by atoms with Gasteiger partial charge in [-0.1, -0.05) is 19.1 Å². The van der Waals surface area contributed by atoms with E-state index in [9.17, 15) is 5.11 Å². The third-order valence-electron chi connectivity index (χ3n) is 2.72. The lowest BCUT2D eigenvalue weighted by atomic mass is 9.70. The molecule has 4 atom stereocenters. The zero-order valence-electron chi connectivity index (χ0n) is 5.62. The van der Waals surface area contributed by atoms with Crippen LogP contribution in [-0.4, -0.2) is 11.2 Å². The maximum absolute atomic E-state index is 9.25. The van der Waals surface area contributed by atoms with E-state index in [4.69, 9.17) is 0 Å². The average molecular weight is 124 g/mol. The molecule has 1 nitrogen and oxygen atoms in total. The molecule has 0 unspecified atom stereocenters. The van der Waals surface area contributed by atoms with E-state index in [1.165, 1.54) is 0 Å². The van der Waals surface area contributed by atoms with Gasteiger partial charge in [0.15, 0.2) is 0 Å². The summed E-state index contributed by atoms with van der Waals surface area (Å²) in [6, 6.07) is 0.